The maximum absolute atomic E-state index is 13.0. The van der Waals surface area contributed by atoms with Crippen molar-refractivity contribution in [2.45, 2.75) is 25.3 Å². The van der Waals surface area contributed by atoms with Crippen LogP contribution < -0.4 is 5.32 Å². The number of hydrogen-bond donors (Lipinski definition) is 2. The number of carbonyl (C=O) groups is 2. The third-order valence-electron chi connectivity index (χ3n) is 4.70. The molecule has 0 radical (unpaired) electrons. The van der Waals surface area contributed by atoms with Gasteiger partial charge in [0.2, 0.25) is 5.91 Å². The maximum Gasteiger partial charge on any atom is 0.308 e. The Kier molecular flexibility index (Phi) is 3.90. The van der Waals surface area contributed by atoms with Crippen LogP contribution in [0.5, 0.6) is 0 Å². The van der Waals surface area contributed by atoms with E-state index in [4.69, 9.17) is 0 Å². The Bertz CT molecular complexity index is 741. The van der Waals surface area contributed by atoms with Gasteiger partial charge in [0.25, 0.3) is 0 Å². The molecule has 4 heteroatoms. The van der Waals surface area contributed by atoms with Gasteiger partial charge in [-0.3, -0.25) is 9.59 Å². The number of rotatable bonds is 4. The summed E-state index contributed by atoms with van der Waals surface area (Å²) in [6.07, 6.45) is 0.367. The Morgan fingerprint density at radius 3 is 2.48 bits per heavy atom. The van der Waals surface area contributed by atoms with Crippen LogP contribution in [0, 0.1) is 5.92 Å². The number of nitrogens with one attached hydrogen (secondary N) is 1. The number of aliphatic carboxylic acids is 1. The summed E-state index contributed by atoms with van der Waals surface area (Å²) in [6.45, 7) is 2.24. The van der Waals surface area contributed by atoms with Crippen molar-refractivity contribution < 1.29 is 14.7 Å². The molecule has 2 atom stereocenters. The highest BCUT2D eigenvalue weighted by Gasteiger charge is 2.53. The normalized spacial score (nSPS) is 21.2. The Morgan fingerprint density at radius 1 is 1.17 bits per heavy atom. The smallest absolute Gasteiger partial charge is 0.308 e. The van der Waals surface area contributed by atoms with Crippen molar-refractivity contribution in [3.8, 4) is 0 Å². The van der Waals surface area contributed by atoms with Crippen LogP contribution >= 0.6 is 0 Å². The molecule has 3 rings (SSSR count). The molecule has 23 heavy (non-hydrogen) atoms. The van der Waals surface area contributed by atoms with Crippen LogP contribution in [0.25, 0.3) is 0 Å². The summed E-state index contributed by atoms with van der Waals surface area (Å²) in [5.41, 5.74) is 1.29. The molecule has 1 aliphatic heterocycles. The van der Waals surface area contributed by atoms with E-state index >= 15 is 0 Å². The highest BCUT2D eigenvalue weighted by molar-refractivity contribution is 5.98. The van der Waals surface area contributed by atoms with Gasteiger partial charge in [-0.15, -0.1) is 0 Å². The zero-order valence-electron chi connectivity index (χ0n) is 13.0. The molecule has 0 spiro atoms. The average Bonchev–Trinajstić information content (AvgIpc) is 2.58. The molecular formula is C19H19NO3. The van der Waals surface area contributed by atoms with Gasteiger partial charge in [-0.25, -0.2) is 0 Å². The molecule has 1 heterocycles. The van der Waals surface area contributed by atoms with Crippen molar-refractivity contribution in [1.29, 1.82) is 0 Å². The van der Waals surface area contributed by atoms with Crippen molar-refractivity contribution in [3.05, 3.63) is 71.3 Å². The second-order valence-electron chi connectivity index (χ2n) is 5.81. The van der Waals surface area contributed by atoms with Crippen LogP contribution in [0.15, 0.2) is 54.6 Å². The number of carboxylic acids is 1. The van der Waals surface area contributed by atoms with E-state index in [0.717, 1.165) is 16.7 Å². The van der Waals surface area contributed by atoms with Crippen molar-refractivity contribution in [3.63, 3.8) is 0 Å². The van der Waals surface area contributed by atoms with Crippen LogP contribution in [-0.2, 0) is 21.5 Å². The fourth-order valence-electron chi connectivity index (χ4n) is 3.70. The fourth-order valence-corrected chi connectivity index (χ4v) is 3.70. The first-order chi connectivity index (χ1) is 11.1. The molecular weight excluding hydrogens is 290 g/mol. The van der Waals surface area contributed by atoms with Crippen molar-refractivity contribution >= 4 is 11.9 Å². The summed E-state index contributed by atoms with van der Waals surface area (Å²) in [6, 6.07) is 16.8. The van der Waals surface area contributed by atoms with E-state index in [2.05, 4.69) is 5.32 Å². The van der Waals surface area contributed by atoms with Crippen LogP contribution in [0.1, 0.15) is 30.0 Å². The first kappa shape index (κ1) is 15.3. The van der Waals surface area contributed by atoms with Gasteiger partial charge in [0.05, 0.1) is 5.92 Å². The standard InChI is InChI=1S/C19H19NO3/c1-2-15(17(21)22)19(14-9-4-3-5-10-14)16-11-7-6-8-13(16)12-20-18(19)23/h3-11,15H,2,12H2,1H3,(H,20,23)(H,21,22). The van der Waals surface area contributed by atoms with Gasteiger partial charge in [-0.2, -0.15) is 0 Å². The Labute approximate surface area is 135 Å². The molecule has 2 aromatic carbocycles. The monoisotopic (exact) mass is 309 g/mol. The van der Waals surface area contributed by atoms with E-state index in [1.54, 1.807) is 0 Å². The second-order valence-corrected chi connectivity index (χ2v) is 5.81. The lowest BCUT2D eigenvalue weighted by Crippen LogP contribution is -2.55. The molecule has 2 unspecified atom stereocenters. The van der Waals surface area contributed by atoms with Gasteiger partial charge >= 0.3 is 5.97 Å². The van der Waals surface area contributed by atoms with E-state index in [1.807, 2.05) is 61.5 Å². The third kappa shape index (κ3) is 2.22. The van der Waals surface area contributed by atoms with Crippen LogP contribution in [-0.4, -0.2) is 17.0 Å². The van der Waals surface area contributed by atoms with Crippen LogP contribution in [0.2, 0.25) is 0 Å². The minimum atomic E-state index is -1.20. The van der Waals surface area contributed by atoms with E-state index in [9.17, 15) is 14.7 Å². The minimum Gasteiger partial charge on any atom is -0.481 e. The lowest BCUT2D eigenvalue weighted by atomic mass is 9.61. The largest absolute Gasteiger partial charge is 0.481 e. The molecule has 1 amide bonds. The van der Waals surface area contributed by atoms with Crippen molar-refractivity contribution in [2.24, 2.45) is 5.92 Å². The molecule has 0 saturated heterocycles. The summed E-state index contributed by atoms with van der Waals surface area (Å²) >= 11 is 0. The molecule has 0 fully saturated rings. The minimum absolute atomic E-state index is 0.239. The Morgan fingerprint density at radius 2 is 1.83 bits per heavy atom. The van der Waals surface area contributed by atoms with Gasteiger partial charge in [-0.1, -0.05) is 61.5 Å². The lowest BCUT2D eigenvalue weighted by molar-refractivity contribution is -0.148. The number of carboxylic acid groups (broad SMARTS) is 1. The van der Waals surface area contributed by atoms with Gasteiger partial charge in [0.1, 0.15) is 5.41 Å². The van der Waals surface area contributed by atoms with E-state index in [1.165, 1.54) is 0 Å². The lowest BCUT2D eigenvalue weighted by Gasteiger charge is -2.42. The topological polar surface area (TPSA) is 66.4 Å². The summed E-state index contributed by atoms with van der Waals surface area (Å²) in [4.78, 5) is 25.0. The number of carbonyl (C=O) groups excluding carboxylic acids is 1. The molecule has 118 valence electrons. The first-order valence-electron chi connectivity index (χ1n) is 7.77. The van der Waals surface area contributed by atoms with Gasteiger partial charge in [0, 0.05) is 6.54 Å². The summed E-state index contributed by atoms with van der Waals surface area (Å²) < 4.78 is 0. The van der Waals surface area contributed by atoms with E-state index in [-0.39, 0.29) is 5.91 Å². The summed E-state index contributed by atoms with van der Waals surface area (Å²) in [7, 11) is 0. The molecule has 2 aromatic rings. The van der Waals surface area contributed by atoms with Crippen LogP contribution in [0.4, 0.5) is 0 Å². The number of amides is 1. The average molecular weight is 309 g/mol. The molecule has 4 nitrogen and oxygen atoms in total. The Balaban J connectivity index is 2.37. The highest BCUT2D eigenvalue weighted by Crippen LogP contribution is 2.44. The number of hydrogen-bond acceptors (Lipinski definition) is 2. The predicted octanol–water partition coefficient (Wildman–Crippen LogP) is 2.71. The van der Waals surface area contributed by atoms with Crippen molar-refractivity contribution in [1.82, 2.24) is 5.32 Å². The summed E-state index contributed by atoms with van der Waals surface area (Å²) in [5.74, 6) is -2.02. The molecule has 1 aliphatic rings. The predicted molar refractivity (Wildman–Crippen MR) is 86.9 cm³/mol. The quantitative estimate of drug-likeness (QED) is 0.912. The first-order valence-corrected chi connectivity index (χ1v) is 7.77. The van der Waals surface area contributed by atoms with Crippen LogP contribution in [0.3, 0.4) is 0 Å². The molecule has 0 bridgehead atoms. The van der Waals surface area contributed by atoms with Gasteiger partial charge in [-0.05, 0) is 23.1 Å². The third-order valence-corrected chi connectivity index (χ3v) is 4.70. The fraction of sp³-hybridized carbons (Fsp3) is 0.263. The Hall–Kier alpha value is -2.62. The maximum atomic E-state index is 13.0. The van der Waals surface area contributed by atoms with Gasteiger partial charge < -0.3 is 10.4 Å². The zero-order valence-corrected chi connectivity index (χ0v) is 13.0. The summed E-state index contributed by atoms with van der Waals surface area (Å²) in [5, 5.41) is 12.7. The number of benzene rings is 2. The molecule has 0 aromatic heterocycles. The zero-order chi connectivity index (χ0) is 16.4. The van der Waals surface area contributed by atoms with E-state index in [0.29, 0.717) is 13.0 Å². The molecule has 2 N–H and O–H groups in total. The SMILES string of the molecule is CCC(C(=O)O)C1(c2ccccc2)C(=O)NCc2ccccc21. The highest BCUT2D eigenvalue weighted by atomic mass is 16.4. The second kappa shape index (κ2) is 5.88. The van der Waals surface area contributed by atoms with E-state index < -0.39 is 17.3 Å². The molecule has 0 saturated carbocycles. The molecule has 0 aliphatic carbocycles. The van der Waals surface area contributed by atoms with Crippen molar-refractivity contribution in [2.75, 3.05) is 0 Å². The van der Waals surface area contributed by atoms with Gasteiger partial charge in [0.15, 0.2) is 0 Å². The number of fused-ring (bicyclic) bond motifs is 1.